The lowest BCUT2D eigenvalue weighted by molar-refractivity contribution is 0.0234. The fraction of sp³-hybridized carbons (Fsp3) is 0.333. The number of ether oxygens (including phenoxy) is 1. The molecule has 4 rings (SSSR count). The van der Waals surface area contributed by atoms with Crippen molar-refractivity contribution in [3.63, 3.8) is 0 Å². The number of carbonyl (C=O) groups excluding carboxylic acids is 1. The first kappa shape index (κ1) is 16.5. The molecule has 134 valence electrons. The number of nitrogens with zero attached hydrogens (tertiary/aromatic N) is 3. The minimum Gasteiger partial charge on any atom is -0.481 e. The first-order chi connectivity index (χ1) is 12.6. The Labute approximate surface area is 149 Å². The number of aromatic nitrogens is 4. The number of amides is 1. The van der Waals surface area contributed by atoms with E-state index in [0.29, 0.717) is 35.3 Å². The number of hydrogen-bond donors (Lipinski definition) is 3. The summed E-state index contributed by atoms with van der Waals surface area (Å²) >= 11 is 0. The number of H-pyrrole nitrogens is 1. The Bertz CT molecular complexity index is 918. The number of fused-ring (bicyclic) bond motifs is 1. The number of rotatable bonds is 5. The monoisotopic (exact) mass is 353 g/mol. The number of methoxy groups -OCH3 is 1. The molecule has 1 saturated carbocycles. The van der Waals surface area contributed by atoms with Crippen LogP contribution < -0.4 is 10.1 Å². The van der Waals surface area contributed by atoms with Crippen molar-refractivity contribution in [2.75, 3.05) is 7.11 Å². The third-order valence-corrected chi connectivity index (χ3v) is 4.81. The maximum Gasteiger partial charge on any atom is 0.251 e. The van der Waals surface area contributed by atoms with E-state index in [9.17, 15) is 9.90 Å². The Balaban J connectivity index is 1.57. The zero-order valence-electron chi connectivity index (χ0n) is 14.2. The summed E-state index contributed by atoms with van der Waals surface area (Å²) < 4.78 is 5.10. The molecule has 1 aliphatic carbocycles. The molecule has 1 aromatic carbocycles. The first-order valence-corrected chi connectivity index (χ1v) is 8.43. The second-order valence-electron chi connectivity index (χ2n) is 6.50. The van der Waals surface area contributed by atoms with E-state index in [-0.39, 0.29) is 24.0 Å². The molecule has 8 heteroatoms. The lowest BCUT2D eigenvalue weighted by Crippen LogP contribution is -2.41. The number of aromatic amines is 1. The quantitative estimate of drug-likeness (QED) is 0.642. The van der Waals surface area contributed by atoms with Gasteiger partial charge in [-0.15, -0.1) is 0 Å². The standard InChI is InChI=1S/C18H19N5O3/c1-26-16-5-3-11(9-19-16)17(12-6-13(24)7-12)20-18(25)10-2-4-14-15(8-10)22-23-21-14/h2-5,8-9,12-13,17,24H,6-7H2,1H3,(H,20,25)(H,21,22,23). The van der Waals surface area contributed by atoms with Gasteiger partial charge >= 0.3 is 0 Å². The Morgan fingerprint density at radius 2 is 2.08 bits per heavy atom. The summed E-state index contributed by atoms with van der Waals surface area (Å²) in [6.45, 7) is 0. The highest BCUT2D eigenvalue weighted by Gasteiger charge is 2.36. The van der Waals surface area contributed by atoms with E-state index in [1.54, 1.807) is 37.6 Å². The number of carbonyl (C=O) groups is 1. The average Bonchev–Trinajstić information content (AvgIpc) is 3.11. The number of aliphatic hydroxyl groups excluding tert-OH is 1. The molecule has 2 aromatic heterocycles. The van der Waals surface area contributed by atoms with Crippen molar-refractivity contribution < 1.29 is 14.6 Å². The van der Waals surface area contributed by atoms with Gasteiger partial charge in [0.25, 0.3) is 5.91 Å². The summed E-state index contributed by atoms with van der Waals surface area (Å²) in [6.07, 6.45) is 2.70. The Morgan fingerprint density at radius 3 is 2.77 bits per heavy atom. The van der Waals surface area contributed by atoms with Gasteiger partial charge in [-0.2, -0.15) is 15.4 Å². The molecular formula is C18H19N5O3. The molecule has 2 heterocycles. The summed E-state index contributed by atoms with van der Waals surface area (Å²) in [5, 5.41) is 23.3. The fourth-order valence-corrected chi connectivity index (χ4v) is 3.28. The van der Waals surface area contributed by atoms with E-state index in [0.717, 1.165) is 5.56 Å². The summed E-state index contributed by atoms with van der Waals surface area (Å²) in [6, 6.07) is 8.61. The molecular weight excluding hydrogens is 334 g/mol. The van der Waals surface area contributed by atoms with Crippen LogP contribution in [0.1, 0.15) is 34.8 Å². The van der Waals surface area contributed by atoms with Crippen molar-refractivity contribution in [1.29, 1.82) is 0 Å². The minimum absolute atomic E-state index is 0.167. The molecule has 0 spiro atoms. The molecule has 3 N–H and O–H groups in total. The Hall–Kier alpha value is -3.00. The molecule has 1 fully saturated rings. The average molecular weight is 353 g/mol. The van der Waals surface area contributed by atoms with Gasteiger partial charge in [0, 0.05) is 17.8 Å². The number of pyridine rings is 1. The molecule has 0 aliphatic heterocycles. The van der Waals surface area contributed by atoms with Crippen LogP contribution in [0.3, 0.4) is 0 Å². The van der Waals surface area contributed by atoms with Crippen LogP contribution in [0.4, 0.5) is 0 Å². The second-order valence-corrected chi connectivity index (χ2v) is 6.50. The van der Waals surface area contributed by atoms with E-state index < -0.39 is 0 Å². The van der Waals surface area contributed by atoms with Gasteiger partial charge in [-0.1, -0.05) is 6.07 Å². The van der Waals surface area contributed by atoms with Crippen LogP contribution in [0, 0.1) is 5.92 Å². The van der Waals surface area contributed by atoms with Gasteiger partial charge in [0.15, 0.2) is 0 Å². The highest BCUT2D eigenvalue weighted by molar-refractivity contribution is 5.97. The number of aliphatic hydroxyl groups is 1. The highest BCUT2D eigenvalue weighted by atomic mass is 16.5. The topological polar surface area (TPSA) is 113 Å². The zero-order chi connectivity index (χ0) is 18.1. The summed E-state index contributed by atoms with van der Waals surface area (Å²) in [4.78, 5) is 17.0. The predicted molar refractivity (Wildman–Crippen MR) is 93.6 cm³/mol. The summed E-state index contributed by atoms with van der Waals surface area (Å²) in [7, 11) is 1.56. The van der Waals surface area contributed by atoms with Gasteiger partial charge in [0.05, 0.1) is 19.3 Å². The Kier molecular flexibility index (Phi) is 4.26. The highest BCUT2D eigenvalue weighted by Crippen LogP contribution is 2.38. The lowest BCUT2D eigenvalue weighted by atomic mass is 9.75. The van der Waals surface area contributed by atoms with E-state index in [1.807, 2.05) is 6.07 Å². The predicted octanol–water partition coefficient (Wildman–Crippen LogP) is 1.60. The van der Waals surface area contributed by atoms with E-state index in [2.05, 4.69) is 25.7 Å². The molecule has 1 atom stereocenters. The molecule has 1 amide bonds. The van der Waals surface area contributed by atoms with E-state index in [4.69, 9.17) is 4.74 Å². The van der Waals surface area contributed by atoms with Crippen molar-refractivity contribution in [2.24, 2.45) is 5.92 Å². The molecule has 26 heavy (non-hydrogen) atoms. The van der Waals surface area contributed by atoms with Crippen LogP contribution in [0.2, 0.25) is 0 Å². The van der Waals surface area contributed by atoms with Crippen LogP contribution >= 0.6 is 0 Å². The summed E-state index contributed by atoms with van der Waals surface area (Å²) in [5.41, 5.74) is 2.75. The van der Waals surface area contributed by atoms with E-state index >= 15 is 0 Å². The van der Waals surface area contributed by atoms with Crippen molar-refractivity contribution in [1.82, 2.24) is 25.7 Å². The first-order valence-electron chi connectivity index (χ1n) is 8.43. The molecule has 1 aliphatic rings. The third kappa shape index (κ3) is 3.11. The summed E-state index contributed by atoms with van der Waals surface area (Å²) in [5.74, 6) is 0.487. The van der Waals surface area contributed by atoms with Crippen LogP contribution in [0.25, 0.3) is 11.0 Å². The molecule has 0 radical (unpaired) electrons. The molecule has 0 saturated heterocycles. The zero-order valence-corrected chi connectivity index (χ0v) is 14.2. The van der Waals surface area contributed by atoms with Crippen LogP contribution in [-0.4, -0.2) is 44.6 Å². The van der Waals surface area contributed by atoms with Crippen LogP contribution in [-0.2, 0) is 0 Å². The lowest BCUT2D eigenvalue weighted by Gasteiger charge is -2.38. The van der Waals surface area contributed by atoms with Crippen LogP contribution in [0.5, 0.6) is 5.88 Å². The van der Waals surface area contributed by atoms with Crippen LogP contribution in [0.15, 0.2) is 36.5 Å². The van der Waals surface area contributed by atoms with Gasteiger partial charge < -0.3 is 15.2 Å². The maximum absolute atomic E-state index is 12.8. The van der Waals surface area contributed by atoms with Gasteiger partial charge in [0.1, 0.15) is 11.0 Å². The number of hydrogen-bond acceptors (Lipinski definition) is 6. The molecule has 0 bridgehead atoms. The molecule has 3 aromatic rings. The van der Waals surface area contributed by atoms with Gasteiger partial charge in [0.2, 0.25) is 5.88 Å². The number of nitrogens with one attached hydrogen (secondary N) is 2. The minimum atomic E-state index is -0.308. The van der Waals surface area contributed by atoms with Crippen molar-refractivity contribution in [3.8, 4) is 5.88 Å². The van der Waals surface area contributed by atoms with Crippen molar-refractivity contribution in [2.45, 2.75) is 25.0 Å². The third-order valence-electron chi connectivity index (χ3n) is 4.81. The SMILES string of the molecule is COc1ccc(C(NC(=O)c2ccc3n[nH]nc3c2)C2CC(O)C2)cn1. The van der Waals surface area contributed by atoms with Gasteiger partial charge in [-0.3, -0.25) is 4.79 Å². The normalized spacial score (nSPS) is 20.4. The van der Waals surface area contributed by atoms with Crippen molar-refractivity contribution >= 4 is 16.9 Å². The molecule has 1 unspecified atom stereocenters. The fourth-order valence-electron chi connectivity index (χ4n) is 3.28. The largest absolute Gasteiger partial charge is 0.481 e. The smallest absolute Gasteiger partial charge is 0.251 e. The van der Waals surface area contributed by atoms with Gasteiger partial charge in [-0.25, -0.2) is 4.98 Å². The Morgan fingerprint density at radius 1 is 1.27 bits per heavy atom. The van der Waals surface area contributed by atoms with E-state index in [1.165, 1.54) is 0 Å². The number of benzene rings is 1. The second kappa shape index (κ2) is 6.72. The maximum atomic E-state index is 12.8. The van der Waals surface area contributed by atoms with Crippen molar-refractivity contribution in [3.05, 3.63) is 47.7 Å². The van der Waals surface area contributed by atoms with Gasteiger partial charge in [-0.05, 0) is 42.5 Å². The molecule has 8 nitrogen and oxygen atoms in total.